The maximum Gasteiger partial charge on any atom is 0.127 e. The summed E-state index contributed by atoms with van der Waals surface area (Å²) < 4.78 is 8.32. The van der Waals surface area contributed by atoms with Gasteiger partial charge in [-0.3, -0.25) is 0 Å². The average molecular weight is 400 g/mol. The number of pyridine rings is 1. The zero-order valence-corrected chi connectivity index (χ0v) is 17.5. The normalized spacial score (nSPS) is 10.4. The molecule has 0 amide bonds. The van der Waals surface area contributed by atoms with Crippen LogP contribution in [-0.2, 0) is 19.9 Å². The summed E-state index contributed by atoms with van der Waals surface area (Å²) >= 11 is 5.94. The molecule has 1 aromatic heterocycles. The Bertz CT molecular complexity index is 1120. The van der Waals surface area contributed by atoms with Crippen molar-refractivity contribution < 1.29 is 4.74 Å². The molecular weight excluding hydrogens is 374 g/mol. The SMILES string of the molecule is C=CCc1ccc(-c2cn(C)cc(-c3cccc(OC=C)c3)c2=S)c(CC=C)c1. The van der Waals surface area contributed by atoms with Gasteiger partial charge >= 0.3 is 0 Å². The lowest BCUT2D eigenvalue weighted by Crippen LogP contribution is -1.98. The summed E-state index contributed by atoms with van der Waals surface area (Å²) in [5, 5.41) is 0. The van der Waals surface area contributed by atoms with E-state index in [1.54, 1.807) is 0 Å². The number of hydrogen-bond acceptors (Lipinski definition) is 2. The van der Waals surface area contributed by atoms with Crippen molar-refractivity contribution in [2.45, 2.75) is 12.8 Å². The van der Waals surface area contributed by atoms with Crippen molar-refractivity contribution in [3.63, 3.8) is 0 Å². The molecule has 0 aliphatic heterocycles. The summed E-state index contributed by atoms with van der Waals surface area (Å²) in [6.45, 7) is 11.4. The minimum Gasteiger partial charge on any atom is -0.466 e. The number of ether oxygens (including phenoxy) is 1. The van der Waals surface area contributed by atoms with Crippen LogP contribution in [0.4, 0.5) is 0 Å². The van der Waals surface area contributed by atoms with E-state index in [4.69, 9.17) is 17.0 Å². The molecule has 2 aromatic carbocycles. The maximum absolute atomic E-state index is 5.94. The average Bonchev–Trinajstić information content (AvgIpc) is 2.71. The van der Waals surface area contributed by atoms with Crippen molar-refractivity contribution in [2.75, 3.05) is 0 Å². The van der Waals surface area contributed by atoms with Gasteiger partial charge in [-0.2, -0.15) is 0 Å². The van der Waals surface area contributed by atoms with E-state index in [1.165, 1.54) is 17.4 Å². The van der Waals surface area contributed by atoms with Crippen LogP contribution in [-0.4, -0.2) is 4.57 Å². The minimum absolute atomic E-state index is 0.737. The summed E-state index contributed by atoms with van der Waals surface area (Å²) in [5.74, 6) is 0.737. The lowest BCUT2D eigenvalue weighted by atomic mass is 9.94. The molecule has 3 heteroatoms. The third-order valence-electron chi connectivity index (χ3n) is 4.72. The first-order valence-electron chi connectivity index (χ1n) is 9.49. The fraction of sp³-hybridized carbons (Fsp3) is 0.115. The van der Waals surface area contributed by atoms with Gasteiger partial charge in [0, 0.05) is 30.6 Å². The molecule has 146 valence electrons. The molecule has 0 saturated carbocycles. The van der Waals surface area contributed by atoms with Gasteiger partial charge in [0.15, 0.2) is 0 Å². The van der Waals surface area contributed by atoms with Crippen molar-refractivity contribution in [2.24, 2.45) is 7.05 Å². The van der Waals surface area contributed by atoms with Gasteiger partial charge in [0.05, 0.1) is 10.8 Å². The van der Waals surface area contributed by atoms with E-state index in [2.05, 4.69) is 54.9 Å². The molecule has 0 fully saturated rings. The molecule has 0 aliphatic rings. The molecule has 3 rings (SSSR count). The fourth-order valence-electron chi connectivity index (χ4n) is 3.47. The molecule has 0 saturated heterocycles. The number of nitrogens with zero attached hydrogens (tertiary/aromatic N) is 1. The highest BCUT2D eigenvalue weighted by atomic mass is 32.1. The third-order valence-corrected chi connectivity index (χ3v) is 5.16. The predicted molar refractivity (Wildman–Crippen MR) is 126 cm³/mol. The summed E-state index contributed by atoms with van der Waals surface area (Å²) in [7, 11) is 2.02. The summed E-state index contributed by atoms with van der Waals surface area (Å²) in [4.78, 5) is 0. The highest BCUT2D eigenvalue weighted by Crippen LogP contribution is 2.33. The van der Waals surface area contributed by atoms with Crippen LogP contribution < -0.4 is 4.74 Å². The molecule has 1 heterocycles. The molecule has 2 nitrogen and oxygen atoms in total. The van der Waals surface area contributed by atoms with Crippen LogP contribution in [0.15, 0.2) is 93.0 Å². The topological polar surface area (TPSA) is 14.2 Å². The van der Waals surface area contributed by atoms with E-state index in [0.29, 0.717) is 0 Å². The summed E-state index contributed by atoms with van der Waals surface area (Å²) in [5.41, 5.74) is 6.64. The monoisotopic (exact) mass is 399 g/mol. The first-order chi connectivity index (χ1) is 14.1. The molecule has 3 aromatic rings. The van der Waals surface area contributed by atoms with Gasteiger partial charge in [-0.1, -0.05) is 61.3 Å². The second kappa shape index (κ2) is 9.35. The van der Waals surface area contributed by atoms with Crippen molar-refractivity contribution >= 4 is 12.2 Å². The van der Waals surface area contributed by atoms with Gasteiger partial charge < -0.3 is 9.30 Å². The lowest BCUT2D eigenvalue weighted by molar-refractivity contribution is 0.483. The van der Waals surface area contributed by atoms with Gasteiger partial charge in [-0.05, 0) is 47.2 Å². The van der Waals surface area contributed by atoms with Crippen LogP contribution in [0.25, 0.3) is 22.3 Å². The molecule has 0 unspecified atom stereocenters. The van der Waals surface area contributed by atoms with Crippen LogP contribution in [0.2, 0.25) is 0 Å². The third kappa shape index (κ3) is 4.64. The molecular formula is C26H25NOS. The van der Waals surface area contributed by atoms with Gasteiger partial charge in [0.2, 0.25) is 0 Å². The Balaban J connectivity index is 2.19. The molecule has 0 aliphatic carbocycles. The van der Waals surface area contributed by atoms with Gasteiger partial charge in [-0.25, -0.2) is 0 Å². The first kappa shape index (κ1) is 20.6. The number of rotatable bonds is 8. The zero-order valence-electron chi connectivity index (χ0n) is 16.7. The van der Waals surface area contributed by atoms with E-state index < -0.39 is 0 Å². The second-order valence-corrected chi connectivity index (χ2v) is 7.28. The van der Waals surface area contributed by atoms with Crippen LogP contribution >= 0.6 is 12.2 Å². The molecule has 0 N–H and O–H groups in total. The van der Waals surface area contributed by atoms with Crippen molar-refractivity contribution in [1.82, 2.24) is 4.57 Å². The zero-order chi connectivity index (χ0) is 20.8. The minimum atomic E-state index is 0.737. The van der Waals surface area contributed by atoms with E-state index in [0.717, 1.165) is 45.4 Å². The summed E-state index contributed by atoms with van der Waals surface area (Å²) in [6, 6.07) is 14.4. The molecule has 29 heavy (non-hydrogen) atoms. The van der Waals surface area contributed by atoms with Gasteiger partial charge in [0.1, 0.15) is 5.75 Å². The number of benzene rings is 2. The highest BCUT2D eigenvalue weighted by molar-refractivity contribution is 7.71. The Morgan fingerprint density at radius 2 is 1.69 bits per heavy atom. The van der Waals surface area contributed by atoms with E-state index in [-0.39, 0.29) is 0 Å². The maximum atomic E-state index is 5.94. The van der Waals surface area contributed by atoms with Crippen LogP contribution in [0.5, 0.6) is 5.75 Å². The number of aromatic nitrogens is 1. The lowest BCUT2D eigenvalue weighted by Gasteiger charge is -2.15. The van der Waals surface area contributed by atoms with E-state index in [1.807, 2.05) is 43.5 Å². The summed E-state index contributed by atoms with van der Waals surface area (Å²) in [6.07, 6.45) is 11.0. The fourth-order valence-corrected chi connectivity index (χ4v) is 3.80. The predicted octanol–water partition coefficient (Wildman–Crippen LogP) is 7.07. The highest BCUT2D eigenvalue weighted by Gasteiger charge is 2.12. The van der Waals surface area contributed by atoms with Crippen LogP contribution in [0, 0.1) is 4.51 Å². The Hall–Kier alpha value is -3.17. The van der Waals surface area contributed by atoms with E-state index >= 15 is 0 Å². The second-order valence-electron chi connectivity index (χ2n) is 6.87. The van der Waals surface area contributed by atoms with Gasteiger partial charge in [0.25, 0.3) is 0 Å². The van der Waals surface area contributed by atoms with Gasteiger partial charge in [-0.15, -0.1) is 13.2 Å². The standard InChI is InChI=1S/C26H25NOS/c1-5-9-19-13-14-23(20(15-19)10-6-2)25-18-27(4)17-24(26(25)29)21-11-8-12-22(16-21)28-7-3/h5-8,11-18H,1-3,9-10H2,4H3. The number of aryl methyl sites for hydroxylation is 1. The quantitative estimate of drug-likeness (QED) is 0.228. The molecule has 0 radical (unpaired) electrons. The van der Waals surface area contributed by atoms with Crippen molar-refractivity contribution in [3.8, 4) is 28.0 Å². The van der Waals surface area contributed by atoms with Crippen LogP contribution in [0.1, 0.15) is 11.1 Å². The molecule has 0 spiro atoms. The Kier molecular flexibility index (Phi) is 6.63. The first-order valence-corrected chi connectivity index (χ1v) is 9.90. The van der Waals surface area contributed by atoms with E-state index in [9.17, 15) is 0 Å². The molecule has 0 bridgehead atoms. The van der Waals surface area contributed by atoms with Crippen molar-refractivity contribution in [3.05, 3.63) is 109 Å². The Morgan fingerprint density at radius 1 is 0.931 bits per heavy atom. The van der Waals surface area contributed by atoms with Crippen molar-refractivity contribution in [1.29, 1.82) is 0 Å². The van der Waals surface area contributed by atoms with Crippen LogP contribution in [0.3, 0.4) is 0 Å². The smallest absolute Gasteiger partial charge is 0.127 e. The number of allylic oxidation sites excluding steroid dienone is 2. The largest absolute Gasteiger partial charge is 0.466 e. The molecule has 0 atom stereocenters. The Labute approximate surface area is 178 Å². The Morgan fingerprint density at radius 3 is 2.41 bits per heavy atom. The number of hydrogen-bond donors (Lipinski definition) is 0.